The molecule has 0 fully saturated rings. The standard InChI is InChI=1S/C21H21NSi.Cr/c1-22(2)18-23(19-12-6-3-7-13-19,20-14-8-4-9-15-20)21-16-10-5-11-17-21;/h3-17H,1-2H3;. The predicted molar refractivity (Wildman–Crippen MR) is 103 cm³/mol. The second kappa shape index (κ2) is 7.42. The van der Waals surface area contributed by atoms with Crippen LogP contribution in [0.1, 0.15) is 0 Å². The van der Waals surface area contributed by atoms with Crippen LogP contribution in [0.3, 0.4) is 0 Å². The Morgan fingerprint density at radius 3 is 1.17 bits per heavy atom. The first-order chi connectivity index (χ1) is 11.7. The van der Waals surface area contributed by atoms with E-state index in [0.29, 0.717) is 0 Å². The molecule has 0 aliphatic heterocycles. The van der Waals surface area contributed by atoms with Crippen molar-refractivity contribution in [2.24, 2.45) is 0 Å². The van der Waals surface area contributed by atoms with Crippen LogP contribution in [0.15, 0.2) is 91.0 Å². The maximum atomic E-state index is 3.42. The number of nitrogens with zero attached hydrogens (tertiary/aromatic N) is 1. The average Bonchev–Trinajstić information content (AvgIpc) is 2.65. The molecule has 24 heavy (non-hydrogen) atoms. The molecule has 120 valence electrons. The van der Waals surface area contributed by atoms with Crippen LogP contribution in [0.5, 0.6) is 0 Å². The van der Waals surface area contributed by atoms with Crippen LogP contribution in [0.25, 0.3) is 0 Å². The van der Waals surface area contributed by atoms with E-state index in [1.54, 1.807) is 0 Å². The first-order valence-corrected chi connectivity index (χ1v) is 10.7. The van der Waals surface area contributed by atoms with Gasteiger partial charge in [-0.15, -0.1) is 0 Å². The molecule has 0 amide bonds. The maximum absolute atomic E-state index is 3.42. The summed E-state index contributed by atoms with van der Waals surface area (Å²) < 4.78 is 1.31. The van der Waals surface area contributed by atoms with E-state index in [4.69, 9.17) is 0 Å². The first-order valence-electron chi connectivity index (χ1n) is 8.05. The summed E-state index contributed by atoms with van der Waals surface area (Å²) in [5, 5.41) is 4.18. The monoisotopic (exact) mass is 367 g/mol. The Morgan fingerprint density at radius 1 is 0.625 bits per heavy atom. The zero-order valence-corrected chi connectivity index (χ0v) is 16.3. The Hall–Kier alpha value is -1.76. The molecule has 0 bridgehead atoms. The zero-order valence-electron chi connectivity index (χ0n) is 14.0. The Kier molecular flexibility index (Phi) is 5.28. The minimum atomic E-state index is -2.30. The summed E-state index contributed by atoms with van der Waals surface area (Å²) in [6.07, 6.45) is 0. The summed E-state index contributed by atoms with van der Waals surface area (Å²) in [7, 11) is 1.95. The average molecular weight is 367 g/mol. The van der Waals surface area contributed by atoms with E-state index in [1.807, 2.05) is 0 Å². The second-order valence-electron chi connectivity index (χ2n) is 6.05. The van der Waals surface area contributed by atoms with E-state index in [1.165, 1.54) is 19.7 Å². The number of hydrogen-bond acceptors (Lipinski definition) is 1. The van der Waals surface area contributed by atoms with Crippen molar-refractivity contribution in [2.75, 3.05) is 14.1 Å². The van der Waals surface area contributed by atoms with Gasteiger partial charge >= 0.3 is 154 Å². The molecule has 0 heterocycles. The van der Waals surface area contributed by atoms with Gasteiger partial charge in [-0.2, -0.15) is 0 Å². The van der Waals surface area contributed by atoms with Crippen LogP contribution in [0.2, 0.25) is 0 Å². The van der Waals surface area contributed by atoms with Gasteiger partial charge in [0.2, 0.25) is 0 Å². The van der Waals surface area contributed by atoms with Crippen molar-refractivity contribution >= 4 is 27.8 Å². The van der Waals surface area contributed by atoms with E-state index < -0.39 is 8.07 Å². The molecule has 0 aliphatic rings. The Labute approximate surface area is 153 Å². The van der Waals surface area contributed by atoms with Gasteiger partial charge in [-0.05, 0) is 0 Å². The van der Waals surface area contributed by atoms with Crippen LogP contribution in [0.4, 0.5) is 0 Å². The van der Waals surface area contributed by atoms with Gasteiger partial charge in [0.05, 0.1) is 0 Å². The molecule has 3 aromatic rings. The van der Waals surface area contributed by atoms with E-state index >= 15 is 0 Å². The van der Waals surface area contributed by atoms with E-state index in [-0.39, 0.29) is 0 Å². The van der Waals surface area contributed by atoms with Crippen molar-refractivity contribution in [3.05, 3.63) is 91.0 Å². The van der Waals surface area contributed by atoms with E-state index in [0.717, 1.165) is 0 Å². The van der Waals surface area contributed by atoms with Gasteiger partial charge in [-0.25, -0.2) is 0 Å². The normalized spacial score (nSPS) is 11.5. The number of benzene rings is 3. The summed E-state index contributed by atoms with van der Waals surface area (Å²) in [6, 6.07) is 32.8. The van der Waals surface area contributed by atoms with E-state index in [2.05, 4.69) is 126 Å². The molecule has 0 N–H and O–H groups in total. The molecule has 0 atom stereocenters. The molecule has 0 saturated carbocycles. The van der Waals surface area contributed by atoms with Crippen molar-refractivity contribution in [1.82, 2.24) is 4.90 Å². The van der Waals surface area contributed by atoms with Crippen LogP contribution in [-0.4, -0.2) is 31.2 Å². The van der Waals surface area contributed by atoms with Gasteiger partial charge in [0.1, 0.15) is 0 Å². The van der Waals surface area contributed by atoms with Crippen molar-refractivity contribution in [2.45, 2.75) is 0 Å². The molecule has 3 aromatic carbocycles. The number of rotatable bonds is 5. The van der Waals surface area contributed by atoms with Gasteiger partial charge < -0.3 is 0 Å². The van der Waals surface area contributed by atoms with Crippen molar-refractivity contribution in [1.29, 1.82) is 0 Å². The molecule has 3 heteroatoms. The topological polar surface area (TPSA) is 3.24 Å². The number of hydrogen-bond donors (Lipinski definition) is 0. The summed E-state index contributed by atoms with van der Waals surface area (Å²) in [5.74, 6) is 0. The first kappa shape index (κ1) is 17.1. The summed E-state index contributed by atoms with van der Waals surface area (Å²) in [6.45, 7) is 0. The Bertz CT molecular complexity index is 704. The predicted octanol–water partition coefficient (Wildman–Crippen LogP) is 1.93. The van der Waals surface area contributed by atoms with Gasteiger partial charge in [0, 0.05) is 0 Å². The van der Waals surface area contributed by atoms with Crippen LogP contribution < -0.4 is 15.6 Å². The molecule has 0 aromatic heterocycles. The molecule has 0 saturated heterocycles. The third kappa shape index (κ3) is 2.97. The third-order valence-electron chi connectivity index (χ3n) is 4.35. The van der Waals surface area contributed by atoms with Crippen molar-refractivity contribution < 1.29 is 15.9 Å². The van der Waals surface area contributed by atoms with Crippen molar-refractivity contribution in [3.8, 4) is 0 Å². The Balaban J connectivity index is 2.40. The summed E-state index contributed by atoms with van der Waals surface area (Å²) in [5.41, 5.74) is 0. The summed E-state index contributed by atoms with van der Waals surface area (Å²) in [4.78, 5) is 2.24. The van der Waals surface area contributed by atoms with E-state index in [9.17, 15) is 0 Å². The van der Waals surface area contributed by atoms with Crippen LogP contribution in [-0.2, 0) is 15.9 Å². The second-order valence-corrected chi connectivity index (χ2v) is 10.9. The third-order valence-corrected chi connectivity index (χ3v) is 11.0. The minimum absolute atomic E-state index is 1.31. The fourth-order valence-electron chi connectivity index (χ4n) is 3.27. The Morgan fingerprint density at radius 2 is 0.917 bits per heavy atom. The molecule has 0 aliphatic carbocycles. The molecule has 1 nitrogen and oxygen atoms in total. The van der Waals surface area contributed by atoms with Crippen molar-refractivity contribution in [3.63, 3.8) is 0 Å². The van der Waals surface area contributed by atoms with Crippen LogP contribution >= 0.6 is 0 Å². The SMILES string of the molecule is CN(C)[C](=[Cr])[Si](c1ccccc1)(c1ccccc1)c1ccccc1. The fourth-order valence-corrected chi connectivity index (χ4v) is 9.42. The van der Waals surface area contributed by atoms with Gasteiger partial charge in [0.15, 0.2) is 0 Å². The molecule has 0 unspecified atom stereocenters. The van der Waals surface area contributed by atoms with Gasteiger partial charge in [0.25, 0.3) is 0 Å². The fraction of sp³-hybridized carbons (Fsp3) is 0.0952. The molecular weight excluding hydrogens is 346 g/mol. The molecule has 0 radical (unpaired) electrons. The van der Waals surface area contributed by atoms with Crippen LogP contribution in [0, 0.1) is 0 Å². The molecule has 3 rings (SSSR count). The summed E-state index contributed by atoms with van der Waals surface area (Å²) >= 11 is 3.42. The quantitative estimate of drug-likeness (QED) is 0.492. The molecule has 0 spiro atoms. The molecular formula is C21H21CrNSi. The van der Waals surface area contributed by atoms with Gasteiger partial charge in [-0.1, -0.05) is 0 Å². The zero-order chi connectivity index (χ0) is 17.0. The van der Waals surface area contributed by atoms with Gasteiger partial charge in [-0.3, -0.25) is 0 Å².